The largest absolute Gasteiger partial charge is 0.493 e. The van der Waals surface area contributed by atoms with Crippen LogP contribution >= 0.6 is 11.8 Å². The van der Waals surface area contributed by atoms with Gasteiger partial charge >= 0.3 is 6.18 Å². The van der Waals surface area contributed by atoms with E-state index in [2.05, 4.69) is 9.97 Å². The molecule has 0 aliphatic heterocycles. The monoisotopic (exact) mass is 342 g/mol. The topological polar surface area (TPSA) is 35.0 Å². The summed E-state index contributed by atoms with van der Waals surface area (Å²) in [6.07, 6.45) is -2.62. The first-order valence-corrected chi connectivity index (χ1v) is 8.08. The molecule has 23 heavy (non-hydrogen) atoms. The van der Waals surface area contributed by atoms with Crippen molar-refractivity contribution in [2.75, 3.05) is 12.4 Å². The molecule has 0 atom stereocenters. The first kappa shape index (κ1) is 17.6. The van der Waals surface area contributed by atoms with Crippen molar-refractivity contribution in [3.05, 3.63) is 47.3 Å². The molecule has 1 heterocycles. The van der Waals surface area contributed by atoms with Crippen LogP contribution in [0.2, 0.25) is 0 Å². The Morgan fingerprint density at radius 1 is 1.17 bits per heavy atom. The maximum Gasteiger partial charge on any atom is 0.433 e. The van der Waals surface area contributed by atoms with Crippen LogP contribution in [-0.4, -0.2) is 22.3 Å². The maximum atomic E-state index is 12.5. The second kappa shape index (κ2) is 7.68. The van der Waals surface area contributed by atoms with Crippen molar-refractivity contribution in [3.8, 4) is 5.75 Å². The highest BCUT2D eigenvalue weighted by molar-refractivity contribution is 7.99. The van der Waals surface area contributed by atoms with Crippen molar-refractivity contribution in [1.82, 2.24) is 9.97 Å². The van der Waals surface area contributed by atoms with Crippen LogP contribution in [0.25, 0.3) is 0 Å². The third kappa shape index (κ3) is 5.42. The summed E-state index contributed by atoms with van der Waals surface area (Å²) in [7, 11) is 0. The van der Waals surface area contributed by atoms with Crippen molar-refractivity contribution in [3.63, 3.8) is 0 Å². The van der Waals surface area contributed by atoms with Gasteiger partial charge in [-0.15, -0.1) is 0 Å². The van der Waals surface area contributed by atoms with Crippen molar-refractivity contribution in [2.24, 2.45) is 0 Å². The Kier molecular flexibility index (Phi) is 5.87. The van der Waals surface area contributed by atoms with Gasteiger partial charge in [0.15, 0.2) is 5.16 Å². The van der Waals surface area contributed by atoms with Gasteiger partial charge in [-0.05, 0) is 43.5 Å². The Morgan fingerprint density at radius 3 is 2.70 bits per heavy atom. The van der Waals surface area contributed by atoms with Crippen LogP contribution in [0.15, 0.2) is 35.6 Å². The van der Waals surface area contributed by atoms with E-state index in [1.807, 2.05) is 32.0 Å². The molecule has 0 N–H and O–H groups in total. The summed E-state index contributed by atoms with van der Waals surface area (Å²) in [5, 5.41) is 0.131. The van der Waals surface area contributed by atoms with E-state index in [4.69, 9.17) is 4.74 Å². The van der Waals surface area contributed by atoms with Gasteiger partial charge in [0.05, 0.1) is 6.61 Å². The lowest BCUT2D eigenvalue weighted by atomic mass is 10.1. The molecule has 2 aromatic rings. The molecular weight excluding hydrogens is 325 g/mol. The Labute approximate surface area is 137 Å². The predicted molar refractivity (Wildman–Crippen MR) is 83.8 cm³/mol. The fourth-order valence-corrected chi connectivity index (χ4v) is 2.58. The summed E-state index contributed by atoms with van der Waals surface area (Å²) >= 11 is 1.19. The zero-order chi connectivity index (χ0) is 16.9. The summed E-state index contributed by atoms with van der Waals surface area (Å²) in [6, 6.07) is 6.85. The minimum absolute atomic E-state index is 0.131. The minimum Gasteiger partial charge on any atom is -0.493 e. The Balaban J connectivity index is 1.79. The number of aromatic nitrogens is 2. The number of ether oxygens (including phenoxy) is 1. The second-order valence-corrected chi connectivity index (χ2v) is 6.10. The van der Waals surface area contributed by atoms with E-state index in [1.54, 1.807) is 0 Å². The fourth-order valence-electron chi connectivity index (χ4n) is 1.84. The van der Waals surface area contributed by atoms with Crippen molar-refractivity contribution in [1.29, 1.82) is 0 Å². The van der Waals surface area contributed by atoms with Crippen LogP contribution in [0, 0.1) is 13.8 Å². The molecular formula is C16H17F3N2OS. The van der Waals surface area contributed by atoms with Crippen molar-refractivity contribution in [2.45, 2.75) is 31.6 Å². The first-order chi connectivity index (χ1) is 10.9. The van der Waals surface area contributed by atoms with Crippen LogP contribution in [0.5, 0.6) is 5.75 Å². The highest BCUT2D eigenvalue weighted by Gasteiger charge is 2.32. The Hall–Kier alpha value is -1.76. The number of rotatable bonds is 6. The molecule has 7 heteroatoms. The lowest BCUT2D eigenvalue weighted by molar-refractivity contribution is -0.141. The number of benzene rings is 1. The third-order valence-corrected chi connectivity index (χ3v) is 3.99. The number of nitrogens with zero attached hydrogens (tertiary/aromatic N) is 2. The first-order valence-electron chi connectivity index (χ1n) is 7.09. The van der Waals surface area contributed by atoms with E-state index >= 15 is 0 Å². The van der Waals surface area contributed by atoms with Gasteiger partial charge in [-0.25, -0.2) is 9.97 Å². The summed E-state index contributed by atoms with van der Waals surface area (Å²) < 4.78 is 43.3. The molecule has 0 aliphatic rings. The van der Waals surface area contributed by atoms with Gasteiger partial charge in [0.25, 0.3) is 0 Å². The third-order valence-electron chi connectivity index (χ3n) is 3.04. The molecule has 0 radical (unpaired) electrons. The Morgan fingerprint density at radius 2 is 1.96 bits per heavy atom. The smallest absolute Gasteiger partial charge is 0.433 e. The van der Waals surface area contributed by atoms with E-state index in [-0.39, 0.29) is 5.16 Å². The van der Waals surface area contributed by atoms with Gasteiger partial charge < -0.3 is 4.74 Å². The maximum absolute atomic E-state index is 12.5. The summed E-state index contributed by atoms with van der Waals surface area (Å²) in [6.45, 7) is 4.46. The van der Waals surface area contributed by atoms with Crippen LogP contribution in [0.4, 0.5) is 13.2 Å². The van der Waals surface area contributed by atoms with Crippen LogP contribution in [0.1, 0.15) is 23.2 Å². The van der Waals surface area contributed by atoms with Gasteiger partial charge in [0, 0.05) is 11.9 Å². The number of thioether (sulfide) groups is 1. The van der Waals surface area contributed by atoms with Gasteiger partial charge in [0.2, 0.25) is 0 Å². The second-order valence-electron chi connectivity index (χ2n) is 5.04. The normalized spacial score (nSPS) is 11.5. The molecule has 0 bridgehead atoms. The van der Waals surface area contributed by atoms with E-state index in [1.165, 1.54) is 11.8 Å². The Bertz CT molecular complexity index is 662. The summed E-state index contributed by atoms with van der Waals surface area (Å²) in [5.74, 6) is 1.43. The number of halogens is 3. The molecule has 1 aromatic heterocycles. The lowest BCUT2D eigenvalue weighted by Crippen LogP contribution is -2.09. The highest BCUT2D eigenvalue weighted by atomic mass is 32.2. The molecule has 0 spiro atoms. The number of hydrogen-bond donors (Lipinski definition) is 0. The van der Waals surface area contributed by atoms with Crippen molar-refractivity contribution >= 4 is 11.8 Å². The van der Waals surface area contributed by atoms with Crippen molar-refractivity contribution < 1.29 is 17.9 Å². The van der Waals surface area contributed by atoms with E-state index in [9.17, 15) is 13.2 Å². The summed E-state index contributed by atoms with van der Waals surface area (Å²) in [5.41, 5.74) is 1.27. The summed E-state index contributed by atoms with van der Waals surface area (Å²) in [4.78, 5) is 7.36. The predicted octanol–water partition coefficient (Wildman–Crippen LogP) is 4.67. The molecule has 0 unspecified atom stereocenters. The molecule has 0 amide bonds. The highest BCUT2D eigenvalue weighted by Crippen LogP contribution is 2.28. The van der Waals surface area contributed by atoms with Gasteiger partial charge in [0.1, 0.15) is 11.4 Å². The van der Waals surface area contributed by atoms with E-state index < -0.39 is 11.9 Å². The molecule has 0 aliphatic carbocycles. The van der Waals surface area contributed by atoms with Crippen LogP contribution in [0.3, 0.4) is 0 Å². The molecule has 0 saturated heterocycles. The van der Waals surface area contributed by atoms with Gasteiger partial charge in [-0.1, -0.05) is 23.9 Å². The fraction of sp³-hybridized carbons (Fsp3) is 0.375. The van der Waals surface area contributed by atoms with Gasteiger partial charge in [-0.2, -0.15) is 13.2 Å². The average molecular weight is 342 g/mol. The van der Waals surface area contributed by atoms with Gasteiger partial charge in [-0.3, -0.25) is 0 Å². The molecule has 124 valence electrons. The number of aryl methyl sites for hydroxylation is 2. The zero-order valence-corrected chi connectivity index (χ0v) is 13.7. The SMILES string of the molecule is Cc1ccc(C)c(OCCCSc2nccc(C(F)(F)F)n2)c1. The molecule has 0 saturated carbocycles. The van der Waals surface area contributed by atoms with E-state index in [0.717, 1.165) is 29.1 Å². The zero-order valence-electron chi connectivity index (χ0n) is 12.9. The number of hydrogen-bond acceptors (Lipinski definition) is 4. The molecule has 1 aromatic carbocycles. The van der Waals surface area contributed by atoms with Crippen LogP contribution < -0.4 is 4.74 Å². The van der Waals surface area contributed by atoms with Crippen LogP contribution in [-0.2, 0) is 6.18 Å². The van der Waals surface area contributed by atoms with E-state index in [0.29, 0.717) is 18.8 Å². The lowest BCUT2D eigenvalue weighted by Gasteiger charge is -2.10. The average Bonchev–Trinajstić information content (AvgIpc) is 2.50. The molecule has 3 nitrogen and oxygen atoms in total. The number of alkyl halides is 3. The molecule has 2 rings (SSSR count). The molecule has 0 fully saturated rings. The quantitative estimate of drug-likeness (QED) is 0.434. The minimum atomic E-state index is -4.44. The standard InChI is InChI=1S/C16H17F3N2OS/c1-11-4-5-12(2)13(10-11)22-8-3-9-23-15-20-7-6-14(21-15)16(17,18)19/h4-7,10H,3,8-9H2,1-2H3.